The van der Waals surface area contributed by atoms with E-state index in [2.05, 4.69) is 15.8 Å². The molecule has 3 rings (SSSR count). The van der Waals surface area contributed by atoms with Crippen LogP contribution in [0.4, 0.5) is 5.69 Å². The van der Waals surface area contributed by atoms with Gasteiger partial charge in [-0.25, -0.2) is 5.43 Å². The summed E-state index contributed by atoms with van der Waals surface area (Å²) < 4.78 is 15.8. The lowest BCUT2D eigenvalue weighted by molar-refractivity contribution is -0.117. The van der Waals surface area contributed by atoms with Crippen LogP contribution in [0.1, 0.15) is 35.7 Å². The molecule has 0 aliphatic heterocycles. The van der Waals surface area contributed by atoms with E-state index in [4.69, 9.17) is 14.2 Å². The zero-order chi connectivity index (χ0) is 21.7. The number of anilines is 1. The van der Waals surface area contributed by atoms with Crippen molar-refractivity contribution >= 4 is 23.2 Å². The van der Waals surface area contributed by atoms with Gasteiger partial charge >= 0.3 is 0 Å². The maximum absolute atomic E-state index is 12.6. The van der Waals surface area contributed by atoms with Gasteiger partial charge in [0.25, 0.3) is 5.91 Å². The van der Waals surface area contributed by atoms with Gasteiger partial charge < -0.3 is 19.5 Å². The van der Waals surface area contributed by atoms with E-state index in [0.29, 0.717) is 34.2 Å². The van der Waals surface area contributed by atoms with Crippen molar-refractivity contribution in [2.45, 2.75) is 19.8 Å². The van der Waals surface area contributed by atoms with Crippen molar-refractivity contribution in [3.8, 4) is 17.2 Å². The van der Waals surface area contributed by atoms with Gasteiger partial charge in [-0.1, -0.05) is 12.1 Å². The quantitative estimate of drug-likeness (QED) is 0.513. The lowest BCUT2D eigenvalue weighted by Crippen LogP contribution is -2.19. The zero-order valence-electron chi connectivity index (χ0n) is 17.4. The van der Waals surface area contributed by atoms with Gasteiger partial charge in [0.2, 0.25) is 11.7 Å². The van der Waals surface area contributed by atoms with Crippen LogP contribution in [0.2, 0.25) is 0 Å². The number of hydrazone groups is 1. The molecule has 0 spiro atoms. The molecule has 2 aromatic rings. The lowest BCUT2D eigenvalue weighted by atomic mass is 10.1. The SMILES string of the molecule is COc1cc(C(=O)N/N=C(/C)c2cccc(NC(=O)C3CC3)c2)cc(OC)c1OC. The summed E-state index contributed by atoms with van der Waals surface area (Å²) in [5, 5.41) is 7.09. The van der Waals surface area contributed by atoms with Crippen LogP contribution in [-0.4, -0.2) is 38.9 Å². The van der Waals surface area contributed by atoms with Gasteiger partial charge in [-0.2, -0.15) is 5.10 Å². The van der Waals surface area contributed by atoms with Crippen LogP contribution in [0.3, 0.4) is 0 Å². The maximum atomic E-state index is 12.6. The molecule has 158 valence electrons. The average molecular weight is 411 g/mol. The predicted molar refractivity (Wildman–Crippen MR) is 114 cm³/mol. The Morgan fingerprint density at radius 2 is 1.63 bits per heavy atom. The molecule has 1 aliphatic rings. The molecule has 2 N–H and O–H groups in total. The molecule has 0 heterocycles. The molecule has 0 saturated heterocycles. The first-order valence-corrected chi connectivity index (χ1v) is 9.52. The lowest BCUT2D eigenvalue weighted by Gasteiger charge is -2.13. The minimum absolute atomic E-state index is 0.0393. The summed E-state index contributed by atoms with van der Waals surface area (Å²) >= 11 is 0. The van der Waals surface area contributed by atoms with Gasteiger partial charge in [-0.3, -0.25) is 9.59 Å². The number of ether oxygens (including phenoxy) is 3. The van der Waals surface area contributed by atoms with Crippen LogP contribution >= 0.6 is 0 Å². The predicted octanol–water partition coefficient (Wildman–Crippen LogP) is 3.21. The fourth-order valence-corrected chi connectivity index (χ4v) is 2.89. The largest absolute Gasteiger partial charge is 0.493 e. The van der Waals surface area contributed by atoms with Crippen molar-refractivity contribution in [3.63, 3.8) is 0 Å². The third-order valence-electron chi connectivity index (χ3n) is 4.75. The first kappa shape index (κ1) is 21.2. The molecule has 8 nitrogen and oxygen atoms in total. The Bertz CT molecular complexity index is 957. The van der Waals surface area contributed by atoms with Gasteiger partial charge in [0.1, 0.15) is 0 Å². The average Bonchev–Trinajstić information content (AvgIpc) is 3.61. The van der Waals surface area contributed by atoms with E-state index in [1.54, 1.807) is 19.1 Å². The van der Waals surface area contributed by atoms with E-state index < -0.39 is 5.91 Å². The normalized spacial score (nSPS) is 13.4. The van der Waals surface area contributed by atoms with E-state index in [1.807, 2.05) is 24.3 Å². The molecular weight excluding hydrogens is 386 g/mol. The maximum Gasteiger partial charge on any atom is 0.271 e. The van der Waals surface area contributed by atoms with Gasteiger partial charge in [0, 0.05) is 17.2 Å². The summed E-state index contributed by atoms with van der Waals surface area (Å²) in [7, 11) is 4.46. The van der Waals surface area contributed by atoms with Gasteiger partial charge in [-0.15, -0.1) is 0 Å². The molecular formula is C22H25N3O5. The highest BCUT2D eigenvalue weighted by Gasteiger charge is 2.29. The zero-order valence-corrected chi connectivity index (χ0v) is 17.4. The van der Waals surface area contributed by atoms with Gasteiger partial charge in [0.15, 0.2) is 11.5 Å². The number of carbonyl (C=O) groups is 2. The number of rotatable bonds is 8. The monoisotopic (exact) mass is 411 g/mol. The van der Waals surface area contributed by atoms with Crippen molar-refractivity contribution < 1.29 is 23.8 Å². The van der Waals surface area contributed by atoms with Gasteiger partial charge in [-0.05, 0) is 49.6 Å². The summed E-state index contributed by atoms with van der Waals surface area (Å²) in [6, 6.07) is 10.4. The number of benzene rings is 2. The number of nitrogens with zero attached hydrogens (tertiary/aromatic N) is 1. The van der Waals surface area contributed by atoms with Crippen LogP contribution in [0, 0.1) is 5.92 Å². The van der Waals surface area contributed by atoms with Crippen LogP contribution in [0.15, 0.2) is 41.5 Å². The molecule has 2 aromatic carbocycles. The second-order valence-corrected chi connectivity index (χ2v) is 6.90. The highest BCUT2D eigenvalue weighted by atomic mass is 16.5. The number of carbonyl (C=O) groups excluding carboxylic acids is 2. The number of hydrogen-bond acceptors (Lipinski definition) is 6. The minimum atomic E-state index is -0.424. The molecule has 1 fully saturated rings. The van der Waals surface area contributed by atoms with E-state index >= 15 is 0 Å². The molecule has 2 amide bonds. The van der Waals surface area contributed by atoms with Crippen molar-refractivity contribution in [1.29, 1.82) is 0 Å². The van der Waals surface area contributed by atoms with Crippen LogP contribution < -0.4 is 25.0 Å². The molecule has 0 bridgehead atoms. The molecule has 1 aliphatic carbocycles. The standard InChI is InChI=1S/C22H25N3O5/c1-13(15-6-5-7-17(10-15)23-21(26)14-8-9-14)24-25-22(27)16-11-18(28-2)20(30-4)19(12-16)29-3/h5-7,10-12,14H,8-9H2,1-4H3,(H,23,26)(H,25,27)/b24-13-. The molecule has 0 atom stereocenters. The van der Waals surface area contributed by atoms with Crippen molar-refractivity contribution in [2.75, 3.05) is 26.6 Å². The van der Waals surface area contributed by atoms with Crippen molar-refractivity contribution in [1.82, 2.24) is 5.43 Å². The molecule has 8 heteroatoms. The van der Waals surface area contributed by atoms with Crippen molar-refractivity contribution in [3.05, 3.63) is 47.5 Å². The Hall–Kier alpha value is -3.55. The summed E-state index contributed by atoms with van der Waals surface area (Å²) in [4.78, 5) is 24.5. The Kier molecular flexibility index (Phi) is 6.56. The Balaban J connectivity index is 1.73. The minimum Gasteiger partial charge on any atom is -0.493 e. The van der Waals surface area contributed by atoms with Crippen LogP contribution in [0.25, 0.3) is 0 Å². The van der Waals surface area contributed by atoms with Crippen molar-refractivity contribution in [2.24, 2.45) is 11.0 Å². The summed E-state index contributed by atoms with van der Waals surface area (Å²) in [6.07, 6.45) is 1.89. The fourth-order valence-electron chi connectivity index (χ4n) is 2.89. The van der Waals surface area contributed by atoms with Crippen LogP contribution in [0.5, 0.6) is 17.2 Å². The number of amides is 2. The van der Waals surface area contributed by atoms with E-state index in [9.17, 15) is 9.59 Å². The third-order valence-corrected chi connectivity index (χ3v) is 4.75. The van der Waals surface area contributed by atoms with Gasteiger partial charge in [0.05, 0.1) is 27.0 Å². The Morgan fingerprint density at radius 3 is 2.20 bits per heavy atom. The Morgan fingerprint density at radius 1 is 0.967 bits per heavy atom. The summed E-state index contributed by atoms with van der Waals surface area (Å²) in [5.74, 6) is 0.898. The second kappa shape index (κ2) is 9.30. The number of methoxy groups -OCH3 is 3. The molecule has 1 saturated carbocycles. The molecule has 30 heavy (non-hydrogen) atoms. The molecule has 0 aromatic heterocycles. The van der Waals surface area contributed by atoms with E-state index in [0.717, 1.165) is 18.4 Å². The molecule has 0 radical (unpaired) electrons. The fraction of sp³-hybridized carbons (Fsp3) is 0.318. The first-order chi connectivity index (χ1) is 14.5. The number of hydrogen-bond donors (Lipinski definition) is 2. The smallest absolute Gasteiger partial charge is 0.271 e. The highest BCUT2D eigenvalue weighted by molar-refractivity contribution is 6.02. The first-order valence-electron chi connectivity index (χ1n) is 9.52. The second-order valence-electron chi connectivity index (χ2n) is 6.90. The topological polar surface area (TPSA) is 98.2 Å². The third kappa shape index (κ3) is 4.89. The number of nitrogens with one attached hydrogen (secondary N) is 2. The summed E-state index contributed by atoms with van der Waals surface area (Å²) in [5.41, 5.74) is 4.93. The Labute approximate surface area is 175 Å². The summed E-state index contributed by atoms with van der Waals surface area (Å²) in [6.45, 7) is 1.78. The molecule has 0 unspecified atom stereocenters. The van der Waals surface area contributed by atoms with E-state index in [1.165, 1.54) is 21.3 Å². The van der Waals surface area contributed by atoms with E-state index in [-0.39, 0.29) is 11.8 Å². The highest BCUT2D eigenvalue weighted by Crippen LogP contribution is 2.38. The van der Waals surface area contributed by atoms with Crippen LogP contribution in [-0.2, 0) is 4.79 Å².